The van der Waals surface area contributed by atoms with Crippen molar-refractivity contribution in [3.63, 3.8) is 0 Å². The van der Waals surface area contributed by atoms with Crippen LogP contribution in [0.4, 0.5) is 0 Å². The zero-order valence-corrected chi connectivity index (χ0v) is 6.11. The summed E-state index contributed by atoms with van der Waals surface area (Å²) in [5, 5.41) is 0. The Morgan fingerprint density at radius 3 is 0.750 bits per heavy atom. The van der Waals surface area contributed by atoms with E-state index in [0.717, 1.165) is 0 Å². The van der Waals surface area contributed by atoms with Crippen LogP contribution in [0, 0.1) is 0 Å². The summed E-state index contributed by atoms with van der Waals surface area (Å²) < 4.78 is 0. The minimum absolute atomic E-state index is 0. The monoisotopic (exact) mass is 225 g/mol. The molecule has 0 rings (SSSR count). The molecule has 0 atom stereocenters. The van der Waals surface area contributed by atoms with E-state index in [4.69, 9.17) is 0 Å². The molecule has 0 N–H and O–H groups in total. The summed E-state index contributed by atoms with van der Waals surface area (Å²) in [6, 6.07) is 0. The molecule has 0 saturated heterocycles. The summed E-state index contributed by atoms with van der Waals surface area (Å²) in [4.78, 5) is 0. The third-order valence-electron chi connectivity index (χ3n) is 0. The van der Waals surface area contributed by atoms with Crippen molar-refractivity contribution in [3.05, 3.63) is 0 Å². The van der Waals surface area contributed by atoms with Gasteiger partial charge >= 0.3 is 21.1 Å². The molecule has 0 heterocycles. The van der Waals surface area contributed by atoms with Crippen LogP contribution < -0.4 is 0 Å². The molecule has 0 aromatic carbocycles. The Morgan fingerprint density at radius 2 is 0.750 bits per heavy atom. The average Bonchev–Trinajstić information content (AvgIpc) is 0. The molecule has 0 bridgehead atoms. The number of hydrogen-bond donors (Lipinski definition) is 0. The molecule has 4 heavy (non-hydrogen) atoms. The quantitative estimate of drug-likeness (QED) is 0.507. The predicted molar refractivity (Wildman–Crippen MR) is 14.7 cm³/mol. The van der Waals surface area contributed by atoms with Gasteiger partial charge in [-0.1, -0.05) is 0 Å². The maximum Gasteiger partial charge on any atom is 4.00 e. The van der Waals surface area contributed by atoms with Crippen molar-refractivity contribution in [3.8, 4) is 0 Å². The molecule has 0 aliphatic carbocycles. The topological polar surface area (TPSA) is 0 Å². The fourth-order valence-corrected chi connectivity index (χ4v) is 0. The van der Waals surface area contributed by atoms with E-state index in [1.165, 1.54) is 0 Å². The van der Waals surface area contributed by atoms with Gasteiger partial charge in [-0.25, -0.2) is 0 Å². The first kappa shape index (κ1) is 39.1. The second-order valence-electron chi connectivity index (χ2n) is 0. The van der Waals surface area contributed by atoms with Crippen molar-refractivity contribution in [2.75, 3.05) is 0 Å². The van der Waals surface area contributed by atoms with Crippen LogP contribution in [0.3, 0.4) is 0 Å². The van der Waals surface area contributed by atoms with E-state index >= 15 is 0 Å². The zero-order valence-electron chi connectivity index (χ0n) is 1.53. The summed E-state index contributed by atoms with van der Waals surface area (Å²) in [6.07, 6.45) is 0. The third-order valence-corrected chi connectivity index (χ3v) is 0. The third kappa shape index (κ3) is 9.08. The van der Waals surface area contributed by atoms with Crippen LogP contribution in [-0.4, -0.2) is 0 Å². The van der Waals surface area contributed by atoms with Gasteiger partial charge in [0.1, 0.15) is 0 Å². The molecule has 0 saturated carbocycles. The molecule has 0 aliphatic heterocycles. The Balaban J connectivity index is 0. The molecule has 0 aliphatic rings. The maximum atomic E-state index is 0. The van der Waals surface area contributed by atoms with Crippen LogP contribution in [0.15, 0.2) is 0 Å². The fourth-order valence-electron chi connectivity index (χ4n) is 0. The Labute approximate surface area is 64.7 Å². The molecule has 0 spiro atoms. The van der Waals surface area contributed by atoms with Crippen molar-refractivity contribution >= 4 is 27.0 Å². The van der Waals surface area contributed by atoms with E-state index in [0.29, 0.717) is 0 Å². The Morgan fingerprint density at radius 1 is 0.750 bits per heavy atom. The summed E-state index contributed by atoms with van der Waals surface area (Å²) >= 11 is 0. The smallest absolute Gasteiger partial charge is 2.00 e. The normalized spacial score (nSPS) is 0. The number of hydrogen-bond acceptors (Lipinski definition) is 0. The van der Waals surface area contributed by atoms with Crippen LogP contribution in [0.1, 0.15) is 0 Å². The van der Waals surface area contributed by atoms with Gasteiger partial charge in [-0.2, -0.15) is 0 Å². The van der Waals surface area contributed by atoms with Crippen LogP contribution in [0.25, 0.3) is 0 Å². The van der Waals surface area contributed by atoms with Crippen molar-refractivity contribution < 1.29 is 38.1 Å². The second kappa shape index (κ2) is 20.6. The molecule has 1 radical (unpaired) electrons. The van der Waals surface area contributed by atoms with Gasteiger partial charge in [0.15, 0.2) is 0 Å². The van der Waals surface area contributed by atoms with E-state index in [-0.39, 0.29) is 65.1 Å². The molecule has 0 fully saturated rings. The minimum Gasteiger partial charge on any atom is -2.00 e. The summed E-state index contributed by atoms with van der Waals surface area (Å²) in [6.45, 7) is 0. The van der Waals surface area contributed by atoms with Crippen LogP contribution in [0.2, 0.25) is 0 Å². The molecule has 29 valence electrons. The fraction of sp³-hybridized carbons (Fsp3) is 0. The summed E-state index contributed by atoms with van der Waals surface area (Å²) in [7, 11) is 0. The Bertz CT molecular complexity index is 6.00. The summed E-state index contributed by atoms with van der Waals surface area (Å²) in [5.74, 6) is 0. The largest absolute Gasteiger partial charge is 4.00 e. The van der Waals surface area contributed by atoms with Gasteiger partial charge in [-0.05, 0) is 0 Å². The molecule has 4 heteroatoms. The van der Waals surface area contributed by atoms with Crippen molar-refractivity contribution in [1.82, 2.24) is 0 Å². The van der Waals surface area contributed by atoms with E-state index in [1.807, 2.05) is 0 Å². The van der Waals surface area contributed by atoms with E-state index < -0.39 is 0 Å². The van der Waals surface area contributed by atoms with Gasteiger partial charge in [0.25, 0.3) is 0 Å². The van der Waals surface area contributed by atoms with Crippen molar-refractivity contribution in [2.45, 2.75) is 0 Å². The van der Waals surface area contributed by atoms with Crippen LogP contribution in [0.5, 0.6) is 0 Å². The van der Waals surface area contributed by atoms with Crippen LogP contribution >= 0.6 is 0 Å². The molecule has 0 aromatic heterocycles. The van der Waals surface area contributed by atoms with Gasteiger partial charge < -0.3 is 27.0 Å². The SMILES string of the molecule is [Cu].[Mo+4].[S-2].[S-2]. The first-order valence-electron chi connectivity index (χ1n) is 0. The van der Waals surface area contributed by atoms with Crippen LogP contribution in [-0.2, 0) is 65.1 Å². The molecule has 0 unspecified atom stereocenters. The van der Waals surface area contributed by atoms with Gasteiger partial charge in [0.2, 0.25) is 0 Å². The molecule has 0 aromatic rings. The van der Waals surface area contributed by atoms with Gasteiger partial charge in [0.05, 0.1) is 0 Å². The standard InChI is InChI=1S/Cu.Mo.2S/q;+4;2*-2. The van der Waals surface area contributed by atoms with E-state index in [1.54, 1.807) is 0 Å². The predicted octanol–water partition coefficient (Wildman–Crippen LogP) is -0.00980. The minimum atomic E-state index is 0. The van der Waals surface area contributed by atoms with Gasteiger partial charge in [0, 0.05) is 17.1 Å². The number of rotatable bonds is 0. The summed E-state index contributed by atoms with van der Waals surface area (Å²) in [5.41, 5.74) is 0. The average molecular weight is 224 g/mol. The second-order valence-corrected chi connectivity index (χ2v) is 0. The van der Waals surface area contributed by atoms with Crippen molar-refractivity contribution in [1.29, 1.82) is 0 Å². The molecular weight excluding hydrogens is 224 g/mol. The Hall–Kier alpha value is 1.91. The maximum absolute atomic E-state index is 0. The van der Waals surface area contributed by atoms with E-state index in [9.17, 15) is 0 Å². The molecule has 0 amide bonds. The first-order chi connectivity index (χ1) is 0. The first-order valence-corrected chi connectivity index (χ1v) is 0. The van der Waals surface area contributed by atoms with E-state index in [2.05, 4.69) is 0 Å². The van der Waals surface area contributed by atoms with Gasteiger partial charge in [-0.15, -0.1) is 0 Å². The molecular formula is CuMoS2. The molecule has 0 nitrogen and oxygen atoms in total. The van der Waals surface area contributed by atoms with Gasteiger partial charge in [-0.3, -0.25) is 0 Å². The Kier molecular flexibility index (Phi) is 201. The zero-order chi connectivity index (χ0) is 0. The van der Waals surface area contributed by atoms with Crippen molar-refractivity contribution in [2.24, 2.45) is 0 Å².